The molecule has 1 aliphatic carbocycles. The van der Waals surface area contributed by atoms with Crippen LogP contribution in [0.25, 0.3) is 0 Å². The number of rotatable bonds is 7. The van der Waals surface area contributed by atoms with Gasteiger partial charge in [0.05, 0.1) is 0 Å². The van der Waals surface area contributed by atoms with Gasteiger partial charge in [-0.15, -0.1) is 11.8 Å². The van der Waals surface area contributed by atoms with Crippen molar-refractivity contribution in [3.63, 3.8) is 0 Å². The van der Waals surface area contributed by atoms with Gasteiger partial charge in [0.2, 0.25) is 5.91 Å². The SMILES string of the molecule is O=C(CCC1NNC2CCCCC21)NCCSc1ccccc1. The molecule has 1 saturated heterocycles. The summed E-state index contributed by atoms with van der Waals surface area (Å²) in [6.07, 6.45) is 6.80. The fourth-order valence-corrected chi connectivity index (χ4v) is 4.47. The van der Waals surface area contributed by atoms with Crippen LogP contribution in [0.2, 0.25) is 0 Å². The van der Waals surface area contributed by atoms with Gasteiger partial charge in [-0.05, 0) is 37.3 Å². The molecule has 1 aromatic carbocycles. The molecule has 3 N–H and O–H groups in total. The third-order valence-corrected chi connectivity index (χ3v) is 5.92. The van der Waals surface area contributed by atoms with Crippen LogP contribution in [0, 0.1) is 5.92 Å². The number of nitrogens with one attached hydrogen (secondary N) is 3. The molecule has 0 spiro atoms. The molecule has 1 saturated carbocycles. The smallest absolute Gasteiger partial charge is 0.220 e. The van der Waals surface area contributed by atoms with Crippen molar-refractivity contribution in [3.8, 4) is 0 Å². The molecule has 126 valence electrons. The van der Waals surface area contributed by atoms with Crippen molar-refractivity contribution < 1.29 is 4.79 Å². The zero-order valence-electron chi connectivity index (χ0n) is 13.6. The average Bonchev–Trinajstić information content (AvgIpc) is 3.01. The van der Waals surface area contributed by atoms with Crippen molar-refractivity contribution in [2.75, 3.05) is 12.3 Å². The summed E-state index contributed by atoms with van der Waals surface area (Å²) >= 11 is 1.78. The van der Waals surface area contributed by atoms with Crippen LogP contribution >= 0.6 is 11.8 Å². The van der Waals surface area contributed by atoms with Gasteiger partial charge in [0.15, 0.2) is 0 Å². The van der Waals surface area contributed by atoms with Crippen LogP contribution in [-0.4, -0.2) is 30.3 Å². The molecule has 1 amide bonds. The lowest BCUT2D eigenvalue weighted by Gasteiger charge is -2.27. The molecule has 2 aliphatic rings. The predicted molar refractivity (Wildman–Crippen MR) is 95.2 cm³/mol. The Kier molecular flexibility index (Phi) is 6.37. The van der Waals surface area contributed by atoms with E-state index in [1.54, 1.807) is 11.8 Å². The number of hydrogen-bond acceptors (Lipinski definition) is 4. The minimum atomic E-state index is 0.180. The first-order valence-electron chi connectivity index (χ1n) is 8.78. The Morgan fingerprint density at radius 1 is 1.17 bits per heavy atom. The highest BCUT2D eigenvalue weighted by molar-refractivity contribution is 7.99. The molecule has 1 aliphatic heterocycles. The van der Waals surface area contributed by atoms with Crippen molar-refractivity contribution in [2.24, 2.45) is 5.92 Å². The zero-order valence-corrected chi connectivity index (χ0v) is 14.4. The van der Waals surface area contributed by atoms with Gasteiger partial charge in [0, 0.05) is 35.7 Å². The molecule has 1 heterocycles. The number of fused-ring (bicyclic) bond motifs is 1. The highest BCUT2D eigenvalue weighted by atomic mass is 32.2. The normalized spacial score (nSPS) is 26.7. The molecule has 0 aromatic heterocycles. The van der Waals surface area contributed by atoms with E-state index in [9.17, 15) is 4.79 Å². The Morgan fingerprint density at radius 2 is 2.00 bits per heavy atom. The minimum absolute atomic E-state index is 0.180. The number of thioether (sulfide) groups is 1. The number of carbonyl (C=O) groups excluding carboxylic acids is 1. The summed E-state index contributed by atoms with van der Waals surface area (Å²) in [6.45, 7) is 0.737. The second-order valence-corrected chi connectivity index (χ2v) is 7.67. The molecular formula is C18H27N3OS. The maximum absolute atomic E-state index is 12.0. The van der Waals surface area contributed by atoms with Gasteiger partial charge >= 0.3 is 0 Å². The Morgan fingerprint density at radius 3 is 2.87 bits per heavy atom. The summed E-state index contributed by atoms with van der Waals surface area (Å²) in [5.41, 5.74) is 6.83. The molecule has 2 fully saturated rings. The molecule has 0 bridgehead atoms. The van der Waals surface area contributed by atoms with E-state index in [0.717, 1.165) is 18.7 Å². The van der Waals surface area contributed by atoms with Crippen LogP contribution in [-0.2, 0) is 4.79 Å². The fourth-order valence-electron chi connectivity index (χ4n) is 3.68. The summed E-state index contributed by atoms with van der Waals surface area (Å²) in [5.74, 6) is 1.81. The third kappa shape index (κ3) is 4.96. The van der Waals surface area contributed by atoms with Gasteiger partial charge in [-0.1, -0.05) is 31.0 Å². The highest BCUT2D eigenvalue weighted by Crippen LogP contribution is 2.31. The minimum Gasteiger partial charge on any atom is -0.355 e. The Labute approximate surface area is 143 Å². The van der Waals surface area contributed by atoms with E-state index < -0.39 is 0 Å². The summed E-state index contributed by atoms with van der Waals surface area (Å²) in [7, 11) is 0. The number of hydrogen-bond donors (Lipinski definition) is 3. The monoisotopic (exact) mass is 333 g/mol. The molecule has 4 nitrogen and oxygen atoms in total. The van der Waals surface area contributed by atoms with E-state index in [1.807, 2.05) is 18.2 Å². The van der Waals surface area contributed by atoms with Crippen molar-refractivity contribution >= 4 is 17.7 Å². The van der Waals surface area contributed by atoms with Crippen LogP contribution in [0.5, 0.6) is 0 Å². The topological polar surface area (TPSA) is 53.2 Å². The molecule has 0 radical (unpaired) electrons. The van der Waals surface area contributed by atoms with Gasteiger partial charge < -0.3 is 5.32 Å². The van der Waals surface area contributed by atoms with E-state index in [-0.39, 0.29) is 5.91 Å². The van der Waals surface area contributed by atoms with E-state index in [1.165, 1.54) is 30.6 Å². The Bertz CT molecular complexity index is 496. The number of amides is 1. The average molecular weight is 334 g/mol. The summed E-state index contributed by atoms with van der Waals surface area (Å²) < 4.78 is 0. The first kappa shape index (κ1) is 16.8. The second-order valence-electron chi connectivity index (χ2n) is 6.50. The number of carbonyl (C=O) groups is 1. The predicted octanol–water partition coefficient (Wildman–Crippen LogP) is 2.71. The first-order chi connectivity index (χ1) is 11.3. The zero-order chi connectivity index (χ0) is 15.9. The second kappa shape index (κ2) is 8.71. The lowest BCUT2D eigenvalue weighted by Crippen LogP contribution is -2.34. The lowest BCUT2D eigenvalue weighted by atomic mass is 9.80. The van der Waals surface area contributed by atoms with Crippen LogP contribution in [0.4, 0.5) is 0 Å². The van der Waals surface area contributed by atoms with Crippen LogP contribution in [0.1, 0.15) is 38.5 Å². The summed E-state index contributed by atoms with van der Waals surface area (Å²) in [5, 5.41) is 3.04. The standard InChI is InChI=1S/C18H27N3OS/c22-18(19-12-13-23-14-6-2-1-3-7-14)11-10-17-15-8-4-5-9-16(15)20-21-17/h1-3,6-7,15-17,20-21H,4-5,8-13H2,(H,19,22). The maximum atomic E-state index is 12.0. The number of benzene rings is 1. The molecule has 3 atom stereocenters. The van der Waals surface area contributed by atoms with E-state index in [4.69, 9.17) is 0 Å². The Hall–Kier alpha value is -1.04. The van der Waals surface area contributed by atoms with E-state index in [0.29, 0.717) is 24.4 Å². The molecule has 1 aromatic rings. The molecule has 23 heavy (non-hydrogen) atoms. The van der Waals surface area contributed by atoms with Crippen LogP contribution in [0.3, 0.4) is 0 Å². The molecule has 3 unspecified atom stereocenters. The largest absolute Gasteiger partial charge is 0.355 e. The summed E-state index contributed by atoms with van der Waals surface area (Å²) in [6, 6.07) is 11.4. The van der Waals surface area contributed by atoms with Crippen molar-refractivity contribution in [1.29, 1.82) is 0 Å². The van der Waals surface area contributed by atoms with E-state index >= 15 is 0 Å². The van der Waals surface area contributed by atoms with Gasteiger partial charge in [0.1, 0.15) is 0 Å². The first-order valence-corrected chi connectivity index (χ1v) is 9.77. The third-order valence-electron chi connectivity index (χ3n) is 4.91. The van der Waals surface area contributed by atoms with Gasteiger partial charge in [0.25, 0.3) is 0 Å². The van der Waals surface area contributed by atoms with Crippen molar-refractivity contribution in [2.45, 2.75) is 55.5 Å². The molecular weight excluding hydrogens is 306 g/mol. The van der Waals surface area contributed by atoms with Crippen LogP contribution in [0.15, 0.2) is 35.2 Å². The maximum Gasteiger partial charge on any atom is 0.220 e. The fraction of sp³-hybridized carbons (Fsp3) is 0.611. The van der Waals surface area contributed by atoms with Crippen molar-refractivity contribution in [3.05, 3.63) is 30.3 Å². The Balaban J connectivity index is 1.29. The number of hydrazine groups is 1. The summed E-state index contributed by atoms with van der Waals surface area (Å²) in [4.78, 5) is 13.3. The molecule has 5 heteroatoms. The molecule has 3 rings (SSSR count). The van der Waals surface area contributed by atoms with Gasteiger partial charge in [-0.25, -0.2) is 0 Å². The van der Waals surface area contributed by atoms with Gasteiger partial charge in [-0.3, -0.25) is 15.6 Å². The van der Waals surface area contributed by atoms with E-state index in [2.05, 4.69) is 28.3 Å². The lowest BCUT2D eigenvalue weighted by molar-refractivity contribution is -0.121. The van der Waals surface area contributed by atoms with Gasteiger partial charge in [-0.2, -0.15) is 0 Å². The quantitative estimate of drug-likeness (QED) is 0.530. The van der Waals surface area contributed by atoms with Crippen LogP contribution < -0.4 is 16.2 Å². The van der Waals surface area contributed by atoms with Crippen molar-refractivity contribution in [1.82, 2.24) is 16.2 Å². The highest BCUT2D eigenvalue weighted by Gasteiger charge is 2.36.